The molecule has 1 radical (unpaired) electrons. The van der Waals surface area contributed by atoms with Gasteiger partial charge < -0.3 is 34.1 Å². The number of carbonyl (C=O) groups is 3. The summed E-state index contributed by atoms with van der Waals surface area (Å²) in [7, 11) is 0. The Bertz CT molecular complexity index is 1490. The van der Waals surface area contributed by atoms with E-state index in [1.807, 2.05) is 0 Å². The number of halogens is 1. The number of amides is 1. The van der Waals surface area contributed by atoms with E-state index in [1.54, 1.807) is 55.5 Å². The summed E-state index contributed by atoms with van der Waals surface area (Å²) in [5, 5.41) is 2.60. The largest absolute Gasteiger partial charge is 0.459 e. The second-order valence-corrected chi connectivity index (χ2v) is 8.61. The summed E-state index contributed by atoms with van der Waals surface area (Å²) >= 11 is 0. The molecule has 1 unspecified atom stereocenters. The molecule has 5 rings (SSSR count). The average molecular weight is 621 g/mol. The smallest absolute Gasteiger partial charge is 0.338 e. The first-order chi connectivity index (χ1) is 19.0. The van der Waals surface area contributed by atoms with Crippen molar-refractivity contribution in [1.29, 1.82) is 0 Å². The zero-order chi connectivity index (χ0) is 27.4. The van der Waals surface area contributed by atoms with Gasteiger partial charge in [-0.25, -0.2) is 14.0 Å². The quantitative estimate of drug-likeness (QED) is 0.232. The van der Waals surface area contributed by atoms with Crippen molar-refractivity contribution in [2.75, 3.05) is 11.9 Å². The second kappa shape index (κ2) is 13.2. The van der Waals surface area contributed by atoms with Gasteiger partial charge in [-0.3, -0.25) is 9.78 Å². The van der Waals surface area contributed by atoms with Gasteiger partial charge in [-0.1, -0.05) is 43.3 Å². The number of alkyl halides is 1. The molecule has 13 heteroatoms. The Morgan fingerprint density at radius 3 is 2.33 bits per heavy atom. The van der Waals surface area contributed by atoms with E-state index in [1.165, 1.54) is 23.0 Å². The third kappa shape index (κ3) is 6.24. The molecule has 1 aliphatic heterocycles. The second-order valence-electron chi connectivity index (χ2n) is 8.61. The molecule has 1 aliphatic rings. The molecule has 1 fully saturated rings. The van der Waals surface area contributed by atoms with E-state index in [9.17, 15) is 14.4 Å². The molecule has 1 amide bonds. The molecular weight excluding hydrogens is 598 g/mol. The topological polar surface area (TPSA) is 135 Å². The van der Waals surface area contributed by atoms with Crippen molar-refractivity contribution in [2.45, 2.75) is 38.0 Å². The minimum absolute atomic E-state index is 0. The van der Waals surface area contributed by atoms with Crippen LogP contribution in [0.4, 0.5) is 10.2 Å². The third-order valence-electron chi connectivity index (χ3n) is 6.07. The average Bonchev–Trinajstić information content (AvgIpc) is 3.54. The van der Waals surface area contributed by atoms with Crippen LogP contribution in [0.25, 0.3) is 11.2 Å². The summed E-state index contributed by atoms with van der Waals surface area (Å²) < 4.78 is 34.1. The summed E-state index contributed by atoms with van der Waals surface area (Å²) in [6, 6.07) is 16.4. The normalized spacial score (nSPS) is 19.9. The van der Waals surface area contributed by atoms with Gasteiger partial charge in [0.2, 0.25) is 5.91 Å². The van der Waals surface area contributed by atoms with Crippen LogP contribution >= 0.6 is 0 Å². The Hall–Kier alpha value is -3.61. The van der Waals surface area contributed by atoms with Crippen LogP contribution in [0, 0.1) is 6.33 Å². The summed E-state index contributed by atoms with van der Waals surface area (Å²) in [5.74, 6) is -1.59. The van der Waals surface area contributed by atoms with Crippen molar-refractivity contribution in [3.05, 3.63) is 84.4 Å². The summed E-state index contributed by atoms with van der Waals surface area (Å²) in [6.45, 7) is 1.29. The van der Waals surface area contributed by atoms with Gasteiger partial charge in [0.25, 0.3) is 0 Å². The number of hydrogen-bond donors (Lipinski definition) is 1. The number of ether oxygens (including phenoxy) is 3. The van der Waals surface area contributed by atoms with Crippen molar-refractivity contribution >= 4 is 34.8 Å². The van der Waals surface area contributed by atoms with Gasteiger partial charge >= 0.3 is 11.9 Å². The predicted molar refractivity (Wildman–Crippen MR) is 134 cm³/mol. The van der Waals surface area contributed by atoms with Gasteiger partial charge in [0.05, 0.1) is 23.1 Å². The van der Waals surface area contributed by atoms with Crippen LogP contribution in [-0.4, -0.2) is 62.4 Å². The fourth-order valence-corrected chi connectivity index (χ4v) is 4.08. The van der Waals surface area contributed by atoms with Crippen molar-refractivity contribution in [3.8, 4) is 0 Å². The third-order valence-corrected chi connectivity index (χ3v) is 6.07. The van der Waals surface area contributed by atoms with Crippen LogP contribution < -0.4 is 5.32 Å². The number of anilines is 1. The van der Waals surface area contributed by atoms with Crippen molar-refractivity contribution < 1.29 is 65.7 Å². The molecule has 203 valence electrons. The number of imidazole rings is 1. The SMILES string of the molecule is CCC(=O)Nc1n[c-]nc2c1ncn2[C@@H]1O[C@H](COC(=O)c2ccccc2)C(OC(=O)c2ccccc2)[C@@H]1F.[Y]. The molecular formula is C27H23FN5O6Y-. The van der Waals surface area contributed by atoms with Crippen LogP contribution in [0.1, 0.15) is 40.3 Å². The Labute approximate surface area is 253 Å². The van der Waals surface area contributed by atoms with E-state index in [2.05, 4.69) is 26.6 Å². The number of hydrogen-bond acceptors (Lipinski definition) is 9. The molecule has 11 nitrogen and oxygen atoms in total. The Morgan fingerprint density at radius 1 is 1.02 bits per heavy atom. The van der Waals surface area contributed by atoms with Crippen LogP contribution in [0.5, 0.6) is 0 Å². The molecule has 0 bridgehead atoms. The van der Waals surface area contributed by atoms with Crippen LogP contribution in [0.3, 0.4) is 0 Å². The number of carbonyl (C=O) groups excluding carboxylic acids is 3. The maximum Gasteiger partial charge on any atom is 0.338 e. The minimum atomic E-state index is -1.89. The predicted octanol–water partition coefficient (Wildman–Crippen LogP) is 3.29. The fourth-order valence-electron chi connectivity index (χ4n) is 4.08. The zero-order valence-electron chi connectivity index (χ0n) is 21.3. The van der Waals surface area contributed by atoms with Crippen molar-refractivity contribution in [3.63, 3.8) is 0 Å². The molecule has 0 saturated carbocycles. The number of aromatic nitrogens is 4. The van der Waals surface area contributed by atoms with Crippen LogP contribution in [0.15, 0.2) is 67.0 Å². The van der Waals surface area contributed by atoms with E-state index in [0.717, 1.165) is 0 Å². The summed E-state index contributed by atoms with van der Waals surface area (Å²) in [5.41, 5.74) is 0.860. The van der Waals surface area contributed by atoms with Gasteiger partial charge in [-0.15, -0.1) is 0 Å². The first-order valence-electron chi connectivity index (χ1n) is 12.1. The van der Waals surface area contributed by atoms with Gasteiger partial charge in [-0.2, -0.15) is 0 Å². The number of nitrogens with zero attached hydrogens (tertiary/aromatic N) is 4. The standard InChI is InChI=1S/C27H23FN5O6.Y/c1-2-19(34)32-23-21-24(30-14-29-23)33(15-31-21)25-20(28)22(39-27(36)17-11-7-4-8-12-17)18(38-25)13-37-26(35)16-9-5-3-6-10-16;/h3-12,15,18,20,22,25H,2,13H2,1H3,(H,29,30,32,34);/q-1;/t18-,20+,22?,25-;/m1./s1. The number of rotatable bonds is 8. The van der Waals surface area contributed by atoms with Crippen molar-refractivity contribution in [1.82, 2.24) is 19.5 Å². The van der Waals surface area contributed by atoms with Crippen LogP contribution in [0.2, 0.25) is 0 Å². The summed E-state index contributed by atoms with van der Waals surface area (Å²) in [4.78, 5) is 49.4. The van der Waals surface area contributed by atoms with Gasteiger partial charge in [0, 0.05) is 56.8 Å². The number of fused-ring (bicyclic) bond motifs is 1. The van der Waals surface area contributed by atoms with E-state index < -0.39 is 36.5 Å². The van der Waals surface area contributed by atoms with Gasteiger partial charge in [-0.05, 0) is 24.3 Å². The molecule has 4 aromatic rings. The Morgan fingerprint density at radius 2 is 1.68 bits per heavy atom. The van der Waals surface area contributed by atoms with E-state index in [0.29, 0.717) is 5.56 Å². The minimum Gasteiger partial charge on any atom is -0.459 e. The molecule has 2 aromatic heterocycles. The Kier molecular flexibility index (Phi) is 9.67. The summed E-state index contributed by atoms with van der Waals surface area (Å²) in [6.07, 6.45) is -1.89. The molecule has 40 heavy (non-hydrogen) atoms. The van der Waals surface area contributed by atoms with Gasteiger partial charge in [0.1, 0.15) is 12.7 Å². The monoisotopic (exact) mass is 621 g/mol. The van der Waals surface area contributed by atoms with Crippen molar-refractivity contribution in [2.24, 2.45) is 0 Å². The molecule has 1 N–H and O–H groups in total. The van der Waals surface area contributed by atoms with Gasteiger partial charge in [0.15, 0.2) is 18.5 Å². The van der Waals surface area contributed by atoms with E-state index >= 15 is 4.39 Å². The molecule has 4 atom stereocenters. The molecule has 0 spiro atoms. The van der Waals surface area contributed by atoms with E-state index in [4.69, 9.17) is 14.2 Å². The maximum absolute atomic E-state index is 16.0. The van der Waals surface area contributed by atoms with Crippen LogP contribution in [-0.2, 0) is 51.7 Å². The molecule has 3 heterocycles. The number of nitrogens with one attached hydrogen (secondary N) is 1. The Balaban J connectivity index is 0.00000370. The number of benzene rings is 2. The fraction of sp³-hybridized carbons (Fsp3) is 0.259. The van der Waals surface area contributed by atoms with E-state index in [-0.39, 0.29) is 74.2 Å². The molecule has 2 aromatic carbocycles. The maximum atomic E-state index is 16.0. The first kappa shape index (κ1) is 29.4. The molecule has 0 aliphatic carbocycles. The number of esters is 2. The zero-order valence-corrected chi connectivity index (χ0v) is 24.1. The molecule has 1 saturated heterocycles. The first-order valence-corrected chi connectivity index (χ1v) is 12.1.